The standard InChI is InChI=1S/C21H33N3O4/c1-5-24-16(3)18(20(17(24)4)21(26)28-6-2)8-9-19(25)22-10-7-11-23-12-14-27-15-13-23/h8-9H,5-7,10-15H2,1-4H3,(H,22,25)/b9-8+. The van der Waals surface area contributed by atoms with Crippen LogP contribution in [0, 0.1) is 13.8 Å². The van der Waals surface area contributed by atoms with E-state index in [-0.39, 0.29) is 11.9 Å². The zero-order valence-electron chi connectivity index (χ0n) is 17.5. The Bertz CT molecular complexity index is 703. The van der Waals surface area contributed by atoms with Crippen molar-refractivity contribution in [2.24, 2.45) is 0 Å². The number of hydrogen-bond donors (Lipinski definition) is 1. The van der Waals surface area contributed by atoms with Crippen molar-refractivity contribution < 1.29 is 19.1 Å². The summed E-state index contributed by atoms with van der Waals surface area (Å²) in [5, 5.41) is 2.91. The molecule has 1 aromatic heterocycles. The molecular formula is C21H33N3O4. The molecule has 1 aromatic rings. The van der Waals surface area contributed by atoms with E-state index in [0.29, 0.717) is 18.7 Å². The third-order valence-electron chi connectivity index (χ3n) is 5.08. The normalized spacial score (nSPS) is 15.1. The number of nitrogens with zero attached hydrogens (tertiary/aromatic N) is 2. The quantitative estimate of drug-likeness (QED) is 0.397. The summed E-state index contributed by atoms with van der Waals surface area (Å²) in [4.78, 5) is 26.9. The topological polar surface area (TPSA) is 72.8 Å². The van der Waals surface area contributed by atoms with Crippen LogP contribution in [0.15, 0.2) is 6.08 Å². The van der Waals surface area contributed by atoms with Gasteiger partial charge in [0.25, 0.3) is 0 Å². The van der Waals surface area contributed by atoms with Crippen molar-refractivity contribution in [2.75, 3.05) is 46.0 Å². The molecule has 2 heterocycles. The molecule has 156 valence electrons. The molecule has 0 saturated carbocycles. The summed E-state index contributed by atoms with van der Waals surface area (Å²) in [6, 6.07) is 0. The first kappa shape index (κ1) is 22.2. The molecular weight excluding hydrogens is 358 g/mol. The maximum absolute atomic E-state index is 12.4. The van der Waals surface area contributed by atoms with Crippen molar-refractivity contribution in [3.05, 3.63) is 28.6 Å². The van der Waals surface area contributed by atoms with Gasteiger partial charge in [-0.1, -0.05) is 0 Å². The SMILES string of the molecule is CCOC(=O)c1c(/C=C/C(=O)NCCCN2CCOCC2)c(C)n(CC)c1C. The highest BCUT2D eigenvalue weighted by atomic mass is 16.5. The molecule has 0 spiro atoms. The molecule has 1 saturated heterocycles. The lowest BCUT2D eigenvalue weighted by Crippen LogP contribution is -2.38. The maximum atomic E-state index is 12.4. The molecule has 1 fully saturated rings. The third kappa shape index (κ3) is 5.69. The number of aromatic nitrogens is 1. The monoisotopic (exact) mass is 391 g/mol. The molecule has 1 N–H and O–H groups in total. The summed E-state index contributed by atoms with van der Waals surface area (Å²) in [5.74, 6) is -0.501. The highest BCUT2D eigenvalue weighted by Crippen LogP contribution is 2.24. The fraction of sp³-hybridized carbons (Fsp3) is 0.619. The predicted octanol–water partition coefficient (Wildman–Crippen LogP) is 2.15. The van der Waals surface area contributed by atoms with E-state index in [1.165, 1.54) is 6.08 Å². The van der Waals surface area contributed by atoms with Crippen LogP contribution in [-0.2, 0) is 20.8 Å². The minimum atomic E-state index is -0.346. The first-order chi connectivity index (χ1) is 13.5. The van der Waals surface area contributed by atoms with Gasteiger partial charge in [0, 0.05) is 49.2 Å². The molecule has 28 heavy (non-hydrogen) atoms. The number of hydrogen-bond acceptors (Lipinski definition) is 5. The van der Waals surface area contributed by atoms with Crippen LogP contribution in [0.1, 0.15) is 47.6 Å². The van der Waals surface area contributed by atoms with Crippen molar-refractivity contribution in [1.29, 1.82) is 0 Å². The van der Waals surface area contributed by atoms with E-state index in [4.69, 9.17) is 9.47 Å². The van der Waals surface area contributed by atoms with Crippen LogP contribution >= 0.6 is 0 Å². The molecule has 0 aromatic carbocycles. The first-order valence-corrected chi connectivity index (χ1v) is 10.1. The Morgan fingerprint density at radius 2 is 1.89 bits per heavy atom. The third-order valence-corrected chi connectivity index (χ3v) is 5.08. The second-order valence-electron chi connectivity index (χ2n) is 6.86. The lowest BCUT2D eigenvalue weighted by Gasteiger charge is -2.26. The molecule has 0 unspecified atom stereocenters. The highest BCUT2D eigenvalue weighted by Gasteiger charge is 2.22. The first-order valence-electron chi connectivity index (χ1n) is 10.1. The van der Waals surface area contributed by atoms with Crippen LogP contribution < -0.4 is 5.32 Å². The lowest BCUT2D eigenvalue weighted by molar-refractivity contribution is -0.116. The zero-order chi connectivity index (χ0) is 20.5. The lowest BCUT2D eigenvalue weighted by atomic mass is 10.1. The van der Waals surface area contributed by atoms with Gasteiger partial charge in [0.05, 0.1) is 25.4 Å². The molecule has 0 atom stereocenters. The minimum absolute atomic E-state index is 0.155. The molecule has 0 aliphatic carbocycles. The van der Waals surface area contributed by atoms with Crippen molar-refractivity contribution in [2.45, 2.75) is 40.7 Å². The summed E-state index contributed by atoms with van der Waals surface area (Å²) in [5.41, 5.74) is 3.11. The van der Waals surface area contributed by atoms with Crippen molar-refractivity contribution in [3.63, 3.8) is 0 Å². The van der Waals surface area contributed by atoms with Gasteiger partial charge in [-0.15, -0.1) is 0 Å². The number of amides is 1. The minimum Gasteiger partial charge on any atom is -0.462 e. The second-order valence-corrected chi connectivity index (χ2v) is 6.86. The van der Waals surface area contributed by atoms with E-state index in [2.05, 4.69) is 14.8 Å². The number of carbonyl (C=O) groups excluding carboxylic acids is 2. The summed E-state index contributed by atoms with van der Waals surface area (Å²) in [7, 11) is 0. The van der Waals surface area contributed by atoms with Crippen LogP contribution in [0.5, 0.6) is 0 Å². The molecule has 2 rings (SSSR count). The Morgan fingerprint density at radius 3 is 2.54 bits per heavy atom. The maximum Gasteiger partial charge on any atom is 0.340 e. The van der Waals surface area contributed by atoms with E-state index >= 15 is 0 Å². The van der Waals surface area contributed by atoms with E-state index < -0.39 is 0 Å². The molecule has 0 radical (unpaired) electrons. The Kier molecular flexibility index (Phi) is 8.73. The average molecular weight is 392 g/mol. The molecule has 1 amide bonds. The van der Waals surface area contributed by atoms with Gasteiger partial charge in [-0.05, 0) is 46.7 Å². The van der Waals surface area contributed by atoms with E-state index in [0.717, 1.165) is 62.8 Å². The van der Waals surface area contributed by atoms with Gasteiger partial charge < -0.3 is 19.4 Å². The largest absolute Gasteiger partial charge is 0.462 e. The number of rotatable bonds is 9. The van der Waals surface area contributed by atoms with E-state index in [9.17, 15) is 9.59 Å². The van der Waals surface area contributed by atoms with Crippen LogP contribution in [0.3, 0.4) is 0 Å². The Balaban J connectivity index is 1.96. The van der Waals surface area contributed by atoms with Crippen molar-refractivity contribution >= 4 is 18.0 Å². The number of morpholine rings is 1. The van der Waals surface area contributed by atoms with Gasteiger partial charge >= 0.3 is 5.97 Å². The average Bonchev–Trinajstić information content (AvgIpc) is 2.93. The van der Waals surface area contributed by atoms with Crippen molar-refractivity contribution in [3.8, 4) is 0 Å². The summed E-state index contributed by atoms with van der Waals surface area (Å²) >= 11 is 0. The van der Waals surface area contributed by atoms with Crippen LogP contribution in [0.25, 0.3) is 6.08 Å². The molecule has 1 aliphatic rings. The Hall–Kier alpha value is -2.12. The zero-order valence-corrected chi connectivity index (χ0v) is 17.5. The van der Waals surface area contributed by atoms with Crippen LogP contribution in [0.4, 0.5) is 0 Å². The van der Waals surface area contributed by atoms with Gasteiger partial charge in [0.1, 0.15) is 0 Å². The number of nitrogens with one attached hydrogen (secondary N) is 1. The molecule has 0 bridgehead atoms. The molecule has 1 aliphatic heterocycles. The molecule has 7 nitrogen and oxygen atoms in total. The van der Waals surface area contributed by atoms with Gasteiger partial charge in [-0.2, -0.15) is 0 Å². The Morgan fingerprint density at radius 1 is 1.18 bits per heavy atom. The summed E-state index contributed by atoms with van der Waals surface area (Å²) < 4.78 is 12.6. The fourth-order valence-electron chi connectivity index (χ4n) is 3.60. The number of ether oxygens (including phenoxy) is 2. The summed E-state index contributed by atoms with van der Waals surface area (Å²) in [6.07, 6.45) is 4.12. The van der Waals surface area contributed by atoms with E-state index in [1.54, 1.807) is 13.0 Å². The summed E-state index contributed by atoms with van der Waals surface area (Å²) in [6.45, 7) is 13.8. The van der Waals surface area contributed by atoms with Crippen LogP contribution in [0.2, 0.25) is 0 Å². The number of carbonyl (C=O) groups is 2. The second kappa shape index (κ2) is 11.0. The number of esters is 1. The van der Waals surface area contributed by atoms with Crippen molar-refractivity contribution in [1.82, 2.24) is 14.8 Å². The van der Waals surface area contributed by atoms with Crippen LogP contribution in [-0.4, -0.2) is 67.3 Å². The van der Waals surface area contributed by atoms with Gasteiger partial charge in [0.2, 0.25) is 5.91 Å². The Labute approximate surface area is 167 Å². The fourth-order valence-corrected chi connectivity index (χ4v) is 3.60. The molecule has 7 heteroatoms. The van der Waals surface area contributed by atoms with Gasteiger partial charge in [-0.25, -0.2) is 4.79 Å². The highest BCUT2D eigenvalue weighted by molar-refractivity contribution is 5.98. The van der Waals surface area contributed by atoms with E-state index in [1.807, 2.05) is 20.8 Å². The predicted molar refractivity (Wildman–Crippen MR) is 109 cm³/mol. The van der Waals surface area contributed by atoms with Gasteiger partial charge in [0.15, 0.2) is 0 Å². The smallest absolute Gasteiger partial charge is 0.340 e. The van der Waals surface area contributed by atoms with Gasteiger partial charge in [-0.3, -0.25) is 9.69 Å².